The molecule has 2 aliphatic rings. The minimum absolute atomic E-state index is 0.0334. The van der Waals surface area contributed by atoms with Crippen LogP contribution in [0.5, 0.6) is 0 Å². The fourth-order valence-electron chi connectivity index (χ4n) is 1.95. The van der Waals surface area contributed by atoms with E-state index in [2.05, 4.69) is 23.8 Å². The summed E-state index contributed by atoms with van der Waals surface area (Å²) in [5.74, 6) is 0. The number of aromatic amines is 1. The van der Waals surface area contributed by atoms with E-state index in [9.17, 15) is 4.79 Å². The Morgan fingerprint density at radius 3 is 3.29 bits per heavy atom. The summed E-state index contributed by atoms with van der Waals surface area (Å²) in [5, 5.41) is 4.09. The van der Waals surface area contributed by atoms with E-state index in [0.29, 0.717) is 0 Å². The minimum atomic E-state index is 0.0334. The molecule has 1 aromatic rings. The Hall–Kier alpha value is -0.0566. The first-order valence-corrected chi connectivity index (χ1v) is 7.50. The second kappa shape index (κ2) is 2.97. The van der Waals surface area contributed by atoms with Crippen molar-refractivity contribution in [3.63, 3.8) is 0 Å². The van der Waals surface area contributed by atoms with Crippen molar-refractivity contribution in [2.45, 2.75) is 15.2 Å². The molecule has 1 N–H and O–H groups in total. The molecule has 1 atom stereocenters. The molecule has 7 heteroatoms. The maximum atomic E-state index is 11.3. The van der Waals surface area contributed by atoms with Crippen LogP contribution in [-0.4, -0.2) is 44.2 Å². The first kappa shape index (κ1) is 9.19. The molecule has 0 aromatic carbocycles. The summed E-state index contributed by atoms with van der Waals surface area (Å²) in [5.41, 5.74) is 1.21. The van der Waals surface area contributed by atoms with E-state index in [1.807, 2.05) is 16.6 Å². The van der Waals surface area contributed by atoms with Crippen molar-refractivity contribution in [1.82, 2.24) is 14.0 Å². The number of aromatic nitrogens is 2. The van der Waals surface area contributed by atoms with Gasteiger partial charge in [0.1, 0.15) is 0 Å². The predicted octanol–water partition coefficient (Wildman–Crippen LogP) is -0.364. The average molecular weight is 269 g/mol. The van der Waals surface area contributed by atoms with Gasteiger partial charge in [-0.25, -0.2) is 0 Å². The van der Waals surface area contributed by atoms with Crippen LogP contribution in [0.2, 0.25) is 5.21 Å². The van der Waals surface area contributed by atoms with Gasteiger partial charge in [0, 0.05) is 0 Å². The topological polar surface area (TPSA) is 41.0 Å². The Morgan fingerprint density at radius 2 is 2.57 bits per heavy atom. The molecule has 0 aliphatic carbocycles. The van der Waals surface area contributed by atoms with Crippen LogP contribution < -0.4 is 5.56 Å². The molecule has 0 saturated carbocycles. The van der Waals surface area contributed by atoms with Crippen molar-refractivity contribution in [2.24, 2.45) is 0 Å². The van der Waals surface area contributed by atoms with Gasteiger partial charge in [0.2, 0.25) is 0 Å². The van der Waals surface area contributed by atoms with Gasteiger partial charge in [0.05, 0.1) is 0 Å². The molecule has 3 rings (SSSR count). The van der Waals surface area contributed by atoms with Gasteiger partial charge in [0.25, 0.3) is 0 Å². The van der Waals surface area contributed by atoms with Gasteiger partial charge in [0.15, 0.2) is 0 Å². The van der Waals surface area contributed by atoms with Crippen LogP contribution in [0.1, 0.15) is 5.69 Å². The Kier molecular flexibility index (Phi) is 1.95. The van der Waals surface area contributed by atoms with Crippen LogP contribution in [0.3, 0.4) is 0 Å². The normalized spacial score (nSPS) is 32.6. The van der Waals surface area contributed by atoms with E-state index >= 15 is 0 Å². The van der Waals surface area contributed by atoms with Gasteiger partial charge >= 0.3 is 93.5 Å². The van der Waals surface area contributed by atoms with Crippen LogP contribution >= 0.6 is 11.9 Å². The van der Waals surface area contributed by atoms with Crippen LogP contribution in [0.25, 0.3) is 0 Å². The SMILES string of the molecule is CN1[B]C2(S1)[As]CCn1[nH]c(=O)cc12. The van der Waals surface area contributed by atoms with Gasteiger partial charge in [-0.15, -0.1) is 0 Å². The molecule has 1 saturated heterocycles. The van der Waals surface area contributed by atoms with Crippen LogP contribution in [0.15, 0.2) is 10.9 Å². The third-order valence-electron chi connectivity index (χ3n) is 2.48. The molecule has 14 heavy (non-hydrogen) atoms. The molecule has 2 radical (unpaired) electrons. The van der Waals surface area contributed by atoms with Gasteiger partial charge in [-0.05, 0) is 0 Å². The Bertz CT molecular complexity index is 425. The zero-order chi connectivity index (χ0) is 9.76. The molecule has 4 nitrogen and oxygen atoms in total. The van der Waals surface area contributed by atoms with Crippen LogP contribution in [0, 0.1) is 0 Å². The number of rotatable bonds is 0. The fraction of sp³-hybridized carbons (Fsp3) is 0.571. The van der Waals surface area contributed by atoms with Crippen molar-refractivity contribution in [1.29, 1.82) is 0 Å². The molecular weight excluding hydrogens is 260 g/mol. The number of hydrogen-bond donors (Lipinski definition) is 1. The first-order chi connectivity index (χ1) is 6.70. The summed E-state index contributed by atoms with van der Waals surface area (Å²) in [6.45, 7) is 0.984. The van der Waals surface area contributed by atoms with Crippen LogP contribution in [0.4, 0.5) is 0 Å². The summed E-state index contributed by atoms with van der Waals surface area (Å²) in [6.07, 6.45) is 0. The molecule has 1 fully saturated rings. The third-order valence-corrected chi connectivity index (χ3v) is 7.25. The zero-order valence-electron chi connectivity index (χ0n) is 7.73. The van der Waals surface area contributed by atoms with E-state index in [1.165, 1.54) is 10.9 Å². The summed E-state index contributed by atoms with van der Waals surface area (Å²) < 4.78 is 4.31. The van der Waals surface area contributed by atoms with Crippen molar-refractivity contribution >= 4 is 35.1 Å². The number of fused-ring (bicyclic) bond motifs is 2. The zero-order valence-corrected chi connectivity index (χ0v) is 10.4. The molecule has 0 amide bonds. The molecule has 1 unspecified atom stereocenters. The van der Waals surface area contributed by atoms with Crippen molar-refractivity contribution in [3.8, 4) is 0 Å². The fourth-order valence-corrected chi connectivity index (χ4v) is 7.37. The van der Waals surface area contributed by atoms with E-state index in [-0.39, 0.29) is 24.7 Å². The number of H-pyrrole nitrogens is 1. The number of aryl methyl sites for hydroxylation is 1. The molecule has 0 bridgehead atoms. The molecule has 1 spiro atoms. The van der Waals surface area contributed by atoms with Gasteiger partial charge in [-0.1, -0.05) is 0 Å². The van der Waals surface area contributed by atoms with Crippen LogP contribution in [-0.2, 0) is 9.98 Å². The summed E-state index contributed by atoms with van der Waals surface area (Å²) >= 11 is 2.13. The first-order valence-electron chi connectivity index (χ1n) is 4.47. The van der Waals surface area contributed by atoms with E-state index in [4.69, 9.17) is 0 Å². The second-order valence-electron chi connectivity index (χ2n) is 3.50. The molecule has 3 heterocycles. The molecule has 2 aliphatic heterocycles. The molecular formula is C7H9AsBN3OS. The van der Waals surface area contributed by atoms with E-state index in [1.54, 1.807) is 6.07 Å². The quantitative estimate of drug-likeness (QED) is 0.516. The van der Waals surface area contributed by atoms with Crippen molar-refractivity contribution in [2.75, 3.05) is 7.05 Å². The van der Waals surface area contributed by atoms with E-state index < -0.39 is 0 Å². The Morgan fingerprint density at radius 1 is 1.79 bits per heavy atom. The monoisotopic (exact) mass is 269 g/mol. The van der Waals surface area contributed by atoms with Crippen molar-refractivity contribution in [3.05, 3.63) is 22.1 Å². The number of hydrogen-bond acceptors (Lipinski definition) is 3. The standard InChI is InChI=1S/C7H9AsBN3OS/c1-11-9-7(14-11)5-4-6(13)10-12(5)3-2-8-7/h4H,2-3H2,1H3,(H,10,13). The van der Waals surface area contributed by atoms with Gasteiger partial charge in [-0.3, -0.25) is 0 Å². The maximum absolute atomic E-state index is 11.3. The van der Waals surface area contributed by atoms with Gasteiger partial charge < -0.3 is 0 Å². The Labute approximate surface area is 93.5 Å². The summed E-state index contributed by atoms with van der Waals surface area (Å²) in [4.78, 5) is 11.3. The summed E-state index contributed by atoms with van der Waals surface area (Å²) in [7, 11) is 4.30. The number of nitrogens with zero attached hydrogens (tertiary/aromatic N) is 2. The van der Waals surface area contributed by atoms with E-state index in [0.717, 1.165) is 6.54 Å². The van der Waals surface area contributed by atoms with Crippen molar-refractivity contribution < 1.29 is 0 Å². The predicted molar refractivity (Wildman–Crippen MR) is 58.4 cm³/mol. The second-order valence-corrected chi connectivity index (χ2v) is 8.64. The molecule has 72 valence electrons. The summed E-state index contributed by atoms with van der Waals surface area (Å²) in [6, 6.07) is 1.76. The number of nitrogens with one attached hydrogen (secondary N) is 1. The molecule has 1 aromatic heterocycles. The Balaban J connectivity index is 2.07. The third kappa shape index (κ3) is 1.17. The van der Waals surface area contributed by atoms with Gasteiger partial charge in [-0.2, -0.15) is 0 Å². The average Bonchev–Trinajstić information content (AvgIpc) is 2.44.